The van der Waals surface area contributed by atoms with Crippen LogP contribution in [0.15, 0.2) is 28.8 Å². The van der Waals surface area contributed by atoms with Gasteiger partial charge >= 0.3 is 0 Å². The van der Waals surface area contributed by atoms with Gasteiger partial charge in [-0.1, -0.05) is 5.16 Å². The molecule has 2 heterocycles. The van der Waals surface area contributed by atoms with Gasteiger partial charge in [-0.2, -0.15) is 4.98 Å². The van der Waals surface area contributed by atoms with Gasteiger partial charge in [0.2, 0.25) is 17.6 Å². The minimum atomic E-state index is -0.320. The van der Waals surface area contributed by atoms with E-state index in [1.54, 1.807) is 12.1 Å². The number of benzene rings is 1. The zero-order valence-corrected chi connectivity index (χ0v) is 13.5. The average molecular weight is 333 g/mol. The molecule has 1 aliphatic rings. The molecule has 1 aliphatic heterocycles. The summed E-state index contributed by atoms with van der Waals surface area (Å²) in [5, 5.41) is 6.80. The number of carbonyl (C=O) groups excluding carboxylic acids is 1. The van der Waals surface area contributed by atoms with Crippen LogP contribution in [0, 0.1) is 5.82 Å². The van der Waals surface area contributed by atoms with E-state index in [1.165, 1.54) is 12.1 Å². The van der Waals surface area contributed by atoms with Gasteiger partial charge in [0, 0.05) is 25.0 Å². The zero-order chi connectivity index (χ0) is 16.9. The number of halogens is 1. The van der Waals surface area contributed by atoms with E-state index < -0.39 is 0 Å². The van der Waals surface area contributed by atoms with Crippen molar-refractivity contribution < 1.29 is 18.4 Å². The number of nitrogens with one attached hydrogen (secondary N) is 1. The highest BCUT2D eigenvalue weighted by molar-refractivity contribution is 5.76. The highest BCUT2D eigenvalue weighted by atomic mass is 19.1. The third kappa shape index (κ3) is 4.17. The fourth-order valence-electron chi connectivity index (χ4n) is 2.71. The van der Waals surface area contributed by atoms with E-state index in [1.807, 2.05) is 6.92 Å². The molecule has 24 heavy (non-hydrogen) atoms. The van der Waals surface area contributed by atoms with E-state index in [9.17, 15) is 9.18 Å². The second-order valence-corrected chi connectivity index (χ2v) is 5.93. The van der Waals surface area contributed by atoms with E-state index >= 15 is 0 Å². The second-order valence-electron chi connectivity index (χ2n) is 5.93. The molecule has 0 radical (unpaired) electrons. The maximum atomic E-state index is 12.9. The Labute approximate surface area is 139 Å². The molecular weight excluding hydrogens is 313 g/mol. The summed E-state index contributed by atoms with van der Waals surface area (Å²) in [5.74, 6) is 0.381. The van der Waals surface area contributed by atoms with Gasteiger partial charge in [0.05, 0.1) is 12.1 Å². The van der Waals surface area contributed by atoms with Crippen LogP contribution in [0.3, 0.4) is 0 Å². The van der Waals surface area contributed by atoms with Crippen molar-refractivity contribution >= 4 is 5.91 Å². The summed E-state index contributed by atoms with van der Waals surface area (Å²) >= 11 is 0. The van der Waals surface area contributed by atoms with E-state index in [0.717, 1.165) is 19.4 Å². The van der Waals surface area contributed by atoms with E-state index in [-0.39, 0.29) is 30.3 Å². The Hall–Kier alpha value is -2.28. The van der Waals surface area contributed by atoms with Crippen LogP contribution in [-0.4, -0.2) is 34.8 Å². The van der Waals surface area contributed by atoms with E-state index in [2.05, 4.69) is 15.5 Å². The van der Waals surface area contributed by atoms with Crippen LogP contribution < -0.4 is 5.32 Å². The standard InChI is InChI=1S/C17H20FN3O3/c1-11(14-3-2-10-23-14)19-15(22)8-9-16-20-17(21-24-16)12-4-6-13(18)7-5-12/h4-7,11,14H,2-3,8-10H2,1H3,(H,19,22). The Morgan fingerprint density at radius 1 is 1.42 bits per heavy atom. The lowest BCUT2D eigenvalue weighted by Gasteiger charge is -2.19. The Kier molecular flexibility index (Phi) is 5.20. The van der Waals surface area contributed by atoms with Gasteiger partial charge in [0.1, 0.15) is 5.82 Å². The van der Waals surface area contributed by atoms with Gasteiger partial charge < -0.3 is 14.6 Å². The number of ether oxygens (including phenoxy) is 1. The van der Waals surface area contributed by atoms with Gasteiger partial charge in [-0.05, 0) is 44.0 Å². The third-order valence-electron chi connectivity index (χ3n) is 4.05. The van der Waals surface area contributed by atoms with Crippen molar-refractivity contribution in [3.05, 3.63) is 36.0 Å². The average Bonchev–Trinajstić information content (AvgIpc) is 3.25. The molecule has 7 heteroatoms. The molecular formula is C17H20FN3O3. The Morgan fingerprint density at radius 2 is 2.21 bits per heavy atom. The Balaban J connectivity index is 1.49. The third-order valence-corrected chi connectivity index (χ3v) is 4.05. The summed E-state index contributed by atoms with van der Waals surface area (Å²) in [6, 6.07) is 5.84. The van der Waals surface area contributed by atoms with Crippen molar-refractivity contribution in [1.82, 2.24) is 15.5 Å². The number of amides is 1. The topological polar surface area (TPSA) is 77.3 Å². The molecule has 128 valence electrons. The molecule has 1 aromatic heterocycles. The lowest BCUT2D eigenvalue weighted by molar-refractivity contribution is -0.122. The second kappa shape index (κ2) is 7.53. The molecule has 0 bridgehead atoms. The summed E-state index contributed by atoms with van der Waals surface area (Å²) in [6.45, 7) is 2.71. The van der Waals surface area contributed by atoms with Crippen molar-refractivity contribution in [2.75, 3.05) is 6.61 Å². The first-order valence-corrected chi connectivity index (χ1v) is 8.11. The van der Waals surface area contributed by atoms with Crippen molar-refractivity contribution in [3.8, 4) is 11.4 Å². The molecule has 1 amide bonds. The first-order chi connectivity index (χ1) is 11.6. The predicted molar refractivity (Wildman–Crippen MR) is 84.6 cm³/mol. The van der Waals surface area contributed by atoms with Crippen molar-refractivity contribution in [3.63, 3.8) is 0 Å². The lowest BCUT2D eigenvalue weighted by atomic mass is 10.1. The fourth-order valence-corrected chi connectivity index (χ4v) is 2.71. The molecule has 1 fully saturated rings. The van der Waals surface area contributed by atoms with Gasteiger partial charge in [0.25, 0.3) is 0 Å². The highest BCUT2D eigenvalue weighted by Crippen LogP contribution is 2.17. The number of hydrogen-bond donors (Lipinski definition) is 1. The first kappa shape index (κ1) is 16.6. The molecule has 2 unspecified atom stereocenters. The quantitative estimate of drug-likeness (QED) is 0.879. The minimum absolute atomic E-state index is 0.00235. The van der Waals surface area contributed by atoms with E-state index in [0.29, 0.717) is 23.7 Å². The lowest BCUT2D eigenvalue weighted by Crippen LogP contribution is -2.40. The molecule has 0 spiro atoms. The largest absolute Gasteiger partial charge is 0.376 e. The van der Waals surface area contributed by atoms with Crippen LogP contribution in [0.1, 0.15) is 32.1 Å². The van der Waals surface area contributed by atoms with Crippen LogP contribution in [0.2, 0.25) is 0 Å². The first-order valence-electron chi connectivity index (χ1n) is 8.11. The van der Waals surface area contributed by atoms with Crippen molar-refractivity contribution in [2.45, 2.75) is 44.8 Å². The number of carbonyl (C=O) groups is 1. The molecule has 3 rings (SSSR count). The van der Waals surface area contributed by atoms with Gasteiger partial charge in [-0.3, -0.25) is 4.79 Å². The van der Waals surface area contributed by atoms with Crippen LogP contribution in [0.4, 0.5) is 4.39 Å². The van der Waals surface area contributed by atoms with Crippen LogP contribution in [0.5, 0.6) is 0 Å². The van der Waals surface area contributed by atoms with Crippen molar-refractivity contribution in [2.24, 2.45) is 0 Å². The molecule has 2 atom stereocenters. The summed E-state index contributed by atoms with van der Waals surface area (Å²) in [7, 11) is 0. The molecule has 0 saturated carbocycles. The van der Waals surface area contributed by atoms with Crippen LogP contribution >= 0.6 is 0 Å². The van der Waals surface area contributed by atoms with Gasteiger partial charge in [-0.25, -0.2) is 4.39 Å². The number of rotatable bonds is 6. The number of hydrogen-bond acceptors (Lipinski definition) is 5. The van der Waals surface area contributed by atoms with Gasteiger partial charge in [0.15, 0.2) is 0 Å². The summed E-state index contributed by atoms with van der Waals surface area (Å²) < 4.78 is 23.6. The molecule has 0 aliphatic carbocycles. The highest BCUT2D eigenvalue weighted by Gasteiger charge is 2.23. The maximum absolute atomic E-state index is 12.9. The fraction of sp³-hybridized carbons (Fsp3) is 0.471. The molecule has 1 aromatic carbocycles. The van der Waals surface area contributed by atoms with E-state index in [4.69, 9.17) is 9.26 Å². The Morgan fingerprint density at radius 3 is 2.92 bits per heavy atom. The summed E-state index contributed by atoms with van der Waals surface area (Å²) in [4.78, 5) is 16.2. The zero-order valence-electron chi connectivity index (χ0n) is 13.5. The van der Waals surface area contributed by atoms with Crippen molar-refractivity contribution in [1.29, 1.82) is 0 Å². The number of aryl methyl sites for hydroxylation is 1. The molecule has 2 aromatic rings. The smallest absolute Gasteiger partial charge is 0.227 e. The molecule has 6 nitrogen and oxygen atoms in total. The molecule has 1 N–H and O–H groups in total. The predicted octanol–water partition coefficient (Wildman–Crippen LogP) is 2.49. The number of aromatic nitrogens is 2. The SMILES string of the molecule is CC(NC(=O)CCc1nc(-c2ccc(F)cc2)no1)C1CCCO1. The minimum Gasteiger partial charge on any atom is -0.376 e. The molecule has 1 saturated heterocycles. The normalized spacial score (nSPS) is 18.5. The summed E-state index contributed by atoms with van der Waals surface area (Å²) in [6.07, 6.45) is 2.74. The maximum Gasteiger partial charge on any atom is 0.227 e. The summed E-state index contributed by atoms with van der Waals surface area (Å²) in [5.41, 5.74) is 0.669. The number of nitrogens with zero attached hydrogens (tertiary/aromatic N) is 2. The monoisotopic (exact) mass is 333 g/mol. The van der Waals surface area contributed by atoms with Crippen LogP contribution in [0.25, 0.3) is 11.4 Å². The Bertz CT molecular complexity index is 681. The van der Waals surface area contributed by atoms with Gasteiger partial charge in [-0.15, -0.1) is 0 Å². The van der Waals surface area contributed by atoms with Crippen LogP contribution in [-0.2, 0) is 16.0 Å².